The summed E-state index contributed by atoms with van der Waals surface area (Å²) in [5.74, 6) is -0.00506. The fourth-order valence-corrected chi connectivity index (χ4v) is 2.93. The van der Waals surface area contributed by atoms with Gasteiger partial charge in [0.2, 0.25) is 5.95 Å². The highest BCUT2D eigenvalue weighted by Crippen LogP contribution is 2.21. The predicted molar refractivity (Wildman–Crippen MR) is 120 cm³/mol. The van der Waals surface area contributed by atoms with Crippen LogP contribution in [0.25, 0.3) is 11.3 Å². The van der Waals surface area contributed by atoms with Crippen molar-refractivity contribution < 1.29 is 14.3 Å². The van der Waals surface area contributed by atoms with Crippen molar-refractivity contribution in [1.82, 2.24) is 15.3 Å². The molecule has 0 unspecified atom stereocenters. The number of hydrogen-bond donors (Lipinski definition) is 2. The first-order valence-electron chi connectivity index (χ1n) is 9.95. The van der Waals surface area contributed by atoms with Gasteiger partial charge in [-0.15, -0.1) is 0 Å². The molecule has 0 saturated heterocycles. The molecule has 0 bridgehead atoms. The number of halogens is 1. The third-order valence-corrected chi connectivity index (χ3v) is 4.60. The zero-order chi connectivity index (χ0) is 22.1. The lowest BCUT2D eigenvalue weighted by Gasteiger charge is -2.08. The number of nitrogens with zero attached hydrogens (tertiary/aromatic N) is 2. The van der Waals surface area contributed by atoms with Crippen LogP contribution in [-0.2, 0) is 9.53 Å². The summed E-state index contributed by atoms with van der Waals surface area (Å²) in [6.07, 6.45) is 2.49. The van der Waals surface area contributed by atoms with Crippen LogP contribution >= 0.6 is 11.6 Å². The summed E-state index contributed by atoms with van der Waals surface area (Å²) in [5.41, 5.74) is 2.99. The van der Waals surface area contributed by atoms with Gasteiger partial charge < -0.3 is 15.4 Å². The largest absolute Gasteiger partial charge is 0.466 e. The standard InChI is InChI=1S/C23H23ClN4O3/c1-2-31-21(29)4-3-14-25-22(30)17-7-11-19(12-8-17)27-23-26-15-13-20(28-23)16-5-9-18(24)10-6-16/h5-13,15H,2-4,14H2,1H3,(H,25,30)(H,26,27,28). The van der Waals surface area contributed by atoms with Crippen molar-refractivity contribution in [3.63, 3.8) is 0 Å². The number of carbonyl (C=O) groups is 2. The Morgan fingerprint density at radius 2 is 1.77 bits per heavy atom. The Labute approximate surface area is 185 Å². The number of ether oxygens (including phenoxy) is 1. The van der Waals surface area contributed by atoms with Crippen molar-refractivity contribution in [2.75, 3.05) is 18.5 Å². The molecule has 8 heteroatoms. The van der Waals surface area contributed by atoms with E-state index in [0.29, 0.717) is 36.1 Å². The maximum Gasteiger partial charge on any atom is 0.305 e. The van der Waals surface area contributed by atoms with Gasteiger partial charge in [0.1, 0.15) is 0 Å². The Kier molecular flexibility index (Phi) is 7.95. The lowest BCUT2D eigenvalue weighted by molar-refractivity contribution is -0.143. The topological polar surface area (TPSA) is 93.2 Å². The second-order valence-electron chi connectivity index (χ2n) is 6.64. The third-order valence-electron chi connectivity index (χ3n) is 4.35. The quantitative estimate of drug-likeness (QED) is 0.374. The van der Waals surface area contributed by atoms with E-state index in [-0.39, 0.29) is 18.3 Å². The highest BCUT2D eigenvalue weighted by atomic mass is 35.5. The number of aromatic nitrogens is 2. The van der Waals surface area contributed by atoms with Gasteiger partial charge in [-0.25, -0.2) is 9.97 Å². The van der Waals surface area contributed by atoms with Crippen LogP contribution in [0, 0.1) is 0 Å². The van der Waals surface area contributed by atoms with Gasteiger partial charge in [0.15, 0.2) is 0 Å². The number of hydrogen-bond acceptors (Lipinski definition) is 6. The number of nitrogens with one attached hydrogen (secondary N) is 2. The molecule has 3 aromatic rings. The van der Waals surface area contributed by atoms with Gasteiger partial charge in [0.05, 0.1) is 12.3 Å². The van der Waals surface area contributed by atoms with Gasteiger partial charge in [-0.2, -0.15) is 0 Å². The minimum absolute atomic E-state index is 0.198. The monoisotopic (exact) mass is 438 g/mol. The fraction of sp³-hybridized carbons (Fsp3) is 0.217. The number of benzene rings is 2. The van der Waals surface area contributed by atoms with E-state index in [9.17, 15) is 9.59 Å². The fourth-order valence-electron chi connectivity index (χ4n) is 2.80. The molecule has 0 fully saturated rings. The van der Waals surface area contributed by atoms with Crippen LogP contribution in [0.4, 0.5) is 11.6 Å². The minimum Gasteiger partial charge on any atom is -0.466 e. The molecular weight excluding hydrogens is 416 g/mol. The molecule has 3 rings (SSSR count). The number of anilines is 2. The Morgan fingerprint density at radius 1 is 1.03 bits per heavy atom. The molecule has 0 radical (unpaired) electrons. The van der Waals surface area contributed by atoms with Gasteiger partial charge in [-0.05, 0) is 55.8 Å². The molecule has 2 aromatic carbocycles. The van der Waals surface area contributed by atoms with Crippen LogP contribution in [0.5, 0.6) is 0 Å². The van der Waals surface area contributed by atoms with Crippen LogP contribution in [0.3, 0.4) is 0 Å². The summed E-state index contributed by atoms with van der Waals surface area (Å²) < 4.78 is 4.86. The van der Waals surface area contributed by atoms with E-state index in [2.05, 4.69) is 20.6 Å². The van der Waals surface area contributed by atoms with Crippen molar-refractivity contribution in [3.8, 4) is 11.3 Å². The number of amides is 1. The van der Waals surface area contributed by atoms with E-state index in [0.717, 1.165) is 16.9 Å². The van der Waals surface area contributed by atoms with Gasteiger partial charge in [0, 0.05) is 41.0 Å². The number of esters is 1. The summed E-state index contributed by atoms with van der Waals surface area (Å²) >= 11 is 5.94. The molecular formula is C23H23ClN4O3. The molecule has 1 aromatic heterocycles. The first-order chi connectivity index (χ1) is 15.0. The number of rotatable bonds is 9. The third kappa shape index (κ3) is 6.79. The molecule has 0 atom stereocenters. The zero-order valence-corrected chi connectivity index (χ0v) is 17.9. The van der Waals surface area contributed by atoms with Crippen molar-refractivity contribution in [3.05, 3.63) is 71.4 Å². The maximum atomic E-state index is 12.2. The van der Waals surface area contributed by atoms with Crippen LogP contribution in [-0.4, -0.2) is 35.0 Å². The minimum atomic E-state index is -0.255. The second kappa shape index (κ2) is 11.1. The summed E-state index contributed by atoms with van der Waals surface area (Å²) in [6.45, 7) is 2.53. The van der Waals surface area contributed by atoms with Crippen LogP contribution in [0.2, 0.25) is 5.02 Å². The zero-order valence-electron chi connectivity index (χ0n) is 17.1. The lowest BCUT2D eigenvalue weighted by Crippen LogP contribution is -2.25. The highest BCUT2D eigenvalue weighted by Gasteiger charge is 2.07. The second-order valence-corrected chi connectivity index (χ2v) is 7.08. The highest BCUT2D eigenvalue weighted by molar-refractivity contribution is 6.30. The lowest BCUT2D eigenvalue weighted by atomic mass is 10.1. The summed E-state index contributed by atoms with van der Waals surface area (Å²) in [5, 5.41) is 6.60. The van der Waals surface area contributed by atoms with E-state index in [1.165, 1.54) is 0 Å². The Hall–Kier alpha value is -3.45. The van der Waals surface area contributed by atoms with Gasteiger partial charge >= 0.3 is 5.97 Å². The molecule has 1 heterocycles. The van der Waals surface area contributed by atoms with Crippen molar-refractivity contribution in [2.24, 2.45) is 0 Å². The average Bonchev–Trinajstić information content (AvgIpc) is 2.78. The molecule has 0 aliphatic heterocycles. The van der Waals surface area contributed by atoms with Crippen molar-refractivity contribution in [1.29, 1.82) is 0 Å². The number of carbonyl (C=O) groups excluding carboxylic acids is 2. The molecule has 0 aliphatic carbocycles. The molecule has 2 N–H and O–H groups in total. The molecule has 160 valence electrons. The van der Waals surface area contributed by atoms with Gasteiger partial charge in [-0.3, -0.25) is 9.59 Å². The van der Waals surface area contributed by atoms with Gasteiger partial charge in [0.25, 0.3) is 5.91 Å². The van der Waals surface area contributed by atoms with E-state index >= 15 is 0 Å². The van der Waals surface area contributed by atoms with Crippen LogP contribution in [0.1, 0.15) is 30.1 Å². The Morgan fingerprint density at radius 3 is 2.48 bits per heavy atom. The maximum absolute atomic E-state index is 12.2. The van der Waals surface area contributed by atoms with Crippen molar-refractivity contribution >= 4 is 35.1 Å². The summed E-state index contributed by atoms with van der Waals surface area (Å²) in [4.78, 5) is 32.3. The molecule has 0 spiro atoms. The molecule has 1 amide bonds. The van der Waals surface area contributed by atoms with Crippen LogP contribution in [0.15, 0.2) is 60.8 Å². The Balaban J connectivity index is 1.54. The summed E-state index contributed by atoms with van der Waals surface area (Å²) in [6, 6.07) is 16.2. The SMILES string of the molecule is CCOC(=O)CCCNC(=O)c1ccc(Nc2nccc(-c3ccc(Cl)cc3)n2)cc1. The normalized spacial score (nSPS) is 10.4. The van der Waals surface area contributed by atoms with E-state index in [1.54, 1.807) is 37.4 Å². The van der Waals surface area contributed by atoms with E-state index in [1.807, 2.05) is 30.3 Å². The van der Waals surface area contributed by atoms with E-state index in [4.69, 9.17) is 16.3 Å². The molecule has 0 aliphatic rings. The molecule has 7 nitrogen and oxygen atoms in total. The average molecular weight is 439 g/mol. The smallest absolute Gasteiger partial charge is 0.305 e. The Bertz CT molecular complexity index is 1020. The van der Waals surface area contributed by atoms with Crippen LogP contribution < -0.4 is 10.6 Å². The molecule has 31 heavy (non-hydrogen) atoms. The van der Waals surface area contributed by atoms with E-state index < -0.39 is 0 Å². The van der Waals surface area contributed by atoms with Gasteiger partial charge in [-0.1, -0.05) is 23.7 Å². The van der Waals surface area contributed by atoms with Crippen molar-refractivity contribution in [2.45, 2.75) is 19.8 Å². The first kappa shape index (κ1) is 22.2. The first-order valence-corrected chi connectivity index (χ1v) is 10.3. The molecule has 0 saturated carbocycles. The predicted octanol–water partition coefficient (Wildman–Crippen LogP) is 4.61. The summed E-state index contributed by atoms with van der Waals surface area (Å²) in [7, 11) is 0.